The second-order valence-corrected chi connectivity index (χ2v) is 11.2. The Morgan fingerprint density at radius 2 is 1.71 bits per heavy atom. The molecule has 2 aromatic carbocycles. The van der Waals surface area contributed by atoms with Gasteiger partial charge in [0.05, 0.1) is 23.6 Å². The van der Waals surface area contributed by atoms with Gasteiger partial charge in [-0.2, -0.15) is 4.31 Å². The molecule has 0 saturated carbocycles. The van der Waals surface area contributed by atoms with Crippen LogP contribution in [-0.2, 0) is 24.3 Å². The number of hydrogen-bond donors (Lipinski definition) is 2. The zero-order valence-corrected chi connectivity index (χ0v) is 22.2. The van der Waals surface area contributed by atoms with Crippen LogP contribution >= 0.6 is 0 Å². The largest absolute Gasteiger partial charge is 0.507 e. The number of carbonyl (C=O) groups excluding carboxylic acids is 2. The average molecular weight is 545 g/mol. The van der Waals surface area contributed by atoms with Crippen LogP contribution in [0.4, 0.5) is 0 Å². The predicted molar refractivity (Wildman–Crippen MR) is 139 cm³/mol. The molecule has 0 aromatic heterocycles. The molecule has 0 spiro atoms. The number of ether oxygens (including phenoxy) is 2. The van der Waals surface area contributed by atoms with Gasteiger partial charge < -0.3 is 24.6 Å². The van der Waals surface area contributed by atoms with Crippen molar-refractivity contribution in [1.29, 1.82) is 0 Å². The van der Waals surface area contributed by atoms with Gasteiger partial charge >= 0.3 is 0 Å². The highest BCUT2D eigenvalue weighted by atomic mass is 32.2. The minimum atomic E-state index is -3.67. The number of aromatic hydroxyl groups is 1. The molecule has 4 rings (SSSR count). The number of hydrogen-bond acceptors (Lipinski definition) is 8. The number of carbonyl (C=O) groups is 2. The summed E-state index contributed by atoms with van der Waals surface area (Å²) < 4.78 is 37.8. The number of benzene rings is 2. The third-order valence-corrected chi connectivity index (χ3v) is 8.80. The monoisotopic (exact) mass is 544 g/mol. The molecular formula is C27H32N2O8S. The van der Waals surface area contributed by atoms with E-state index in [9.17, 15) is 28.2 Å². The van der Waals surface area contributed by atoms with E-state index in [1.54, 1.807) is 6.07 Å². The van der Waals surface area contributed by atoms with E-state index in [0.29, 0.717) is 31.7 Å². The molecule has 0 unspecified atom stereocenters. The van der Waals surface area contributed by atoms with Gasteiger partial charge in [0.1, 0.15) is 5.76 Å². The summed E-state index contributed by atoms with van der Waals surface area (Å²) in [6.45, 7) is 1.48. The summed E-state index contributed by atoms with van der Waals surface area (Å²) in [5.74, 6) is -2.02. The number of rotatable bonds is 9. The Morgan fingerprint density at radius 1 is 1.03 bits per heavy atom. The first-order valence-electron chi connectivity index (χ1n) is 12.5. The molecule has 204 valence electrons. The van der Waals surface area contributed by atoms with Crippen molar-refractivity contribution in [2.45, 2.75) is 36.6 Å². The molecule has 0 aliphatic carbocycles. The smallest absolute Gasteiger partial charge is 0.295 e. The second-order valence-electron chi connectivity index (χ2n) is 9.26. The van der Waals surface area contributed by atoms with Gasteiger partial charge in [-0.05, 0) is 61.2 Å². The minimum Gasteiger partial charge on any atom is -0.507 e. The molecule has 2 N–H and O–H groups in total. The summed E-state index contributed by atoms with van der Waals surface area (Å²) in [4.78, 5) is 27.7. The summed E-state index contributed by atoms with van der Waals surface area (Å²) >= 11 is 0. The van der Waals surface area contributed by atoms with Crippen molar-refractivity contribution in [2.24, 2.45) is 0 Å². The molecule has 11 heteroatoms. The molecule has 2 aliphatic rings. The predicted octanol–water partition coefficient (Wildman–Crippen LogP) is 3.03. The molecule has 2 aliphatic heterocycles. The second kappa shape index (κ2) is 11.5. The minimum absolute atomic E-state index is 0.0933. The van der Waals surface area contributed by atoms with Crippen LogP contribution in [0, 0.1) is 0 Å². The average Bonchev–Trinajstić information content (AvgIpc) is 3.18. The Labute approximate surface area is 222 Å². The fourth-order valence-electron chi connectivity index (χ4n) is 4.90. The first kappa shape index (κ1) is 27.6. The number of phenols is 1. The van der Waals surface area contributed by atoms with Crippen molar-refractivity contribution in [1.82, 2.24) is 9.21 Å². The molecular weight excluding hydrogens is 512 g/mol. The van der Waals surface area contributed by atoms with E-state index in [1.165, 1.54) is 59.8 Å². The Balaban J connectivity index is 1.75. The SMILES string of the molecule is COCCCN1C(=O)C(=O)/C(=C(/O)c2ccc(S(=O)(=O)N3CCCCC3)cc2)[C@H]1c1ccc(O)c(OC)c1. The van der Waals surface area contributed by atoms with Gasteiger partial charge in [0.15, 0.2) is 11.5 Å². The molecule has 0 radical (unpaired) electrons. The van der Waals surface area contributed by atoms with Crippen LogP contribution in [0.15, 0.2) is 52.9 Å². The van der Waals surface area contributed by atoms with Crippen LogP contribution < -0.4 is 4.74 Å². The Kier molecular flexibility index (Phi) is 8.39. The molecule has 1 atom stereocenters. The standard InChI is InChI=1S/C27H32N2O8S/c1-36-16-6-15-29-24(19-9-12-21(30)22(17-19)37-2)23(26(32)27(29)33)25(31)18-7-10-20(11-8-18)38(34,35)28-13-4-3-5-14-28/h7-12,17,24,30-31H,3-6,13-16H2,1-2H3/b25-23+/t24-/m1/s1. The number of methoxy groups -OCH3 is 2. The lowest BCUT2D eigenvalue weighted by atomic mass is 9.95. The van der Waals surface area contributed by atoms with E-state index in [4.69, 9.17) is 9.47 Å². The van der Waals surface area contributed by atoms with Crippen molar-refractivity contribution in [3.05, 3.63) is 59.2 Å². The van der Waals surface area contributed by atoms with E-state index in [0.717, 1.165) is 19.3 Å². The summed E-state index contributed by atoms with van der Waals surface area (Å²) in [7, 11) is -0.757. The van der Waals surface area contributed by atoms with Crippen LogP contribution in [-0.4, -0.2) is 80.0 Å². The van der Waals surface area contributed by atoms with Crippen molar-refractivity contribution < 1.29 is 37.7 Å². The van der Waals surface area contributed by atoms with Crippen molar-refractivity contribution >= 4 is 27.5 Å². The first-order chi connectivity index (χ1) is 18.2. The van der Waals surface area contributed by atoms with E-state index < -0.39 is 33.5 Å². The third-order valence-electron chi connectivity index (χ3n) is 6.89. The fourth-order valence-corrected chi connectivity index (χ4v) is 6.41. The van der Waals surface area contributed by atoms with E-state index in [2.05, 4.69) is 0 Å². The number of nitrogens with zero attached hydrogens (tertiary/aromatic N) is 2. The van der Waals surface area contributed by atoms with Crippen LogP contribution in [0.3, 0.4) is 0 Å². The molecule has 2 aromatic rings. The topological polar surface area (TPSA) is 134 Å². The van der Waals surface area contributed by atoms with Crippen molar-refractivity contribution in [3.8, 4) is 11.5 Å². The highest BCUT2D eigenvalue weighted by molar-refractivity contribution is 7.89. The zero-order valence-electron chi connectivity index (χ0n) is 21.4. The van der Waals surface area contributed by atoms with Gasteiger partial charge in [-0.25, -0.2) is 8.42 Å². The molecule has 2 fully saturated rings. The maximum absolute atomic E-state index is 13.2. The Morgan fingerprint density at radius 3 is 2.34 bits per heavy atom. The number of aliphatic hydroxyl groups is 1. The van der Waals surface area contributed by atoms with Gasteiger partial charge in [0, 0.05) is 38.9 Å². The van der Waals surface area contributed by atoms with Crippen LogP contribution in [0.1, 0.15) is 42.9 Å². The van der Waals surface area contributed by atoms with E-state index >= 15 is 0 Å². The molecule has 0 bridgehead atoms. The lowest BCUT2D eigenvalue weighted by Crippen LogP contribution is -2.35. The normalized spacial score (nSPS) is 20.2. The Hall–Kier alpha value is -3.41. The van der Waals surface area contributed by atoms with Gasteiger partial charge in [-0.3, -0.25) is 9.59 Å². The lowest BCUT2D eigenvalue weighted by Gasteiger charge is -2.26. The molecule has 2 heterocycles. The summed E-state index contributed by atoms with van der Waals surface area (Å²) in [6.07, 6.45) is 3.07. The van der Waals surface area contributed by atoms with Crippen molar-refractivity contribution in [3.63, 3.8) is 0 Å². The number of likely N-dealkylation sites (tertiary alicyclic amines) is 1. The lowest BCUT2D eigenvalue weighted by molar-refractivity contribution is -0.140. The summed E-state index contributed by atoms with van der Waals surface area (Å²) in [6, 6.07) is 9.16. The Bertz CT molecular complexity index is 1330. The molecule has 10 nitrogen and oxygen atoms in total. The number of Topliss-reactive ketones (excluding diaryl/α,β-unsaturated/α-hetero) is 1. The number of piperidine rings is 1. The van der Waals surface area contributed by atoms with Gasteiger partial charge in [-0.1, -0.05) is 12.5 Å². The van der Waals surface area contributed by atoms with Crippen molar-refractivity contribution in [2.75, 3.05) is 40.5 Å². The summed E-state index contributed by atoms with van der Waals surface area (Å²) in [5.41, 5.74) is 0.530. The summed E-state index contributed by atoms with van der Waals surface area (Å²) in [5, 5.41) is 21.3. The fraction of sp³-hybridized carbons (Fsp3) is 0.407. The molecule has 38 heavy (non-hydrogen) atoms. The van der Waals surface area contributed by atoms with Gasteiger partial charge in [-0.15, -0.1) is 0 Å². The number of aliphatic hydroxyl groups excluding tert-OH is 1. The highest BCUT2D eigenvalue weighted by Gasteiger charge is 2.46. The number of ketones is 1. The molecule has 1 amide bonds. The van der Waals surface area contributed by atoms with Gasteiger partial charge in [0.25, 0.3) is 11.7 Å². The molecule has 2 saturated heterocycles. The first-order valence-corrected chi connectivity index (χ1v) is 13.9. The van der Waals surface area contributed by atoms with E-state index in [-0.39, 0.29) is 34.1 Å². The van der Waals surface area contributed by atoms with Crippen LogP contribution in [0.25, 0.3) is 5.76 Å². The number of amides is 1. The zero-order chi connectivity index (χ0) is 27.4. The maximum Gasteiger partial charge on any atom is 0.295 e. The maximum atomic E-state index is 13.2. The highest BCUT2D eigenvalue weighted by Crippen LogP contribution is 2.42. The third kappa shape index (κ3) is 5.27. The van der Waals surface area contributed by atoms with E-state index in [1.807, 2.05) is 0 Å². The quantitative estimate of drug-likeness (QED) is 0.213. The van der Waals surface area contributed by atoms with Gasteiger partial charge in [0.2, 0.25) is 10.0 Å². The van der Waals surface area contributed by atoms with Crippen LogP contribution in [0.5, 0.6) is 11.5 Å². The number of sulfonamides is 1. The van der Waals surface area contributed by atoms with Crippen LogP contribution in [0.2, 0.25) is 0 Å². The number of phenolic OH excluding ortho intramolecular Hbond substituents is 1.